The highest BCUT2D eigenvalue weighted by molar-refractivity contribution is 6.03. The molecule has 3 aromatic rings. The Bertz CT molecular complexity index is 1640. The summed E-state index contributed by atoms with van der Waals surface area (Å²) >= 11 is 0. The predicted molar refractivity (Wildman–Crippen MR) is 151 cm³/mol. The second-order valence-electron chi connectivity index (χ2n) is 9.56. The Kier molecular flexibility index (Phi) is 9.00. The van der Waals surface area contributed by atoms with Gasteiger partial charge in [0.25, 0.3) is 0 Å². The van der Waals surface area contributed by atoms with Crippen molar-refractivity contribution in [3.63, 3.8) is 0 Å². The number of ether oxygens (including phenoxy) is 1. The van der Waals surface area contributed by atoms with Crippen molar-refractivity contribution in [2.75, 3.05) is 11.5 Å². The number of alkyl halides is 3. The minimum absolute atomic E-state index is 0.0124. The van der Waals surface area contributed by atoms with E-state index in [1.807, 2.05) is 6.07 Å². The monoisotopic (exact) mass is 589 g/mol. The van der Waals surface area contributed by atoms with Gasteiger partial charge in [-0.25, -0.2) is 14.4 Å². The van der Waals surface area contributed by atoms with Gasteiger partial charge in [0, 0.05) is 18.3 Å². The SMILES string of the molecule is CCOC(=O)C1=C(C)N(c2cccc(C(F)(F)F)c2)C(=O)N(Cc2ccc(/C=C/C(=O)O)cc2)C1c1ccc(C#N)cc1. The van der Waals surface area contributed by atoms with Crippen LogP contribution in [-0.4, -0.2) is 34.6 Å². The molecule has 43 heavy (non-hydrogen) atoms. The molecule has 1 atom stereocenters. The van der Waals surface area contributed by atoms with Crippen LogP contribution in [0.3, 0.4) is 0 Å². The van der Waals surface area contributed by atoms with E-state index in [0.717, 1.165) is 23.1 Å². The Hall–Kier alpha value is -5.37. The minimum atomic E-state index is -4.67. The number of carboxylic acids is 1. The van der Waals surface area contributed by atoms with Crippen LogP contribution in [0.4, 0.5) is 23.7 Å². The average Bonchev–Trinajstić information content (AvgIpc) is 2.98. The number of hydrogen-bond acceptors (Lipinski definition) is 5. The lowest BCUT2D eigenvalue weighted by molar-refractivity contribution is -0.139. The van der Waals surface area contributed by atoms with Gasteiger partial charge in [-0.05, 0) is 66.9 Å². The molecule has 3 aromatic carbocycles. The molecule has 0 aromatic heterocycles. The van der Waals surface area contributed by atoms with Gasteiger partial charge in [0.2, 0.25) is 0 Å². The number of nitriles is 1. The molecule has 0 bridgehead atoms. The number of halogens is 3. The first-order valence-electron chi connectivity index (χ1n) is 13.1. The molecule has 1 aliphatic rings. The Morgan fingerprint density at radius 3 is 2.33 bits per heavy atom. The maximum atomic E-state index is 14.2. The van der Waals surface area contributed by atoms with E-state index in [1.54, 1.807) is 55.5 Å². The molecular formula is C32H26F3N3O5. The number of rotatable bonds is 8. The first-order valence-corrected chi connectivity index (χ1v) is 13.1. The molecule has 0 radical (unpaired) electrons. The normalized spacial score (nSPS) is 15.5. The van der Waals surface area contributed by atoms with E-state index in [0.29, 0.717) is 22.3 Å². The number of carbonyl (C=O) groups excluding carboxylic acids is 2. The van der Waals surface area contributed by atoms with Gasteiger partial charge < -0.3 is 14.7 Å². The topological polar surface area (TPSA) is 111 Å². The lowest BCUT2D eigenvalue weighted by Crippen LogP contribution is -2.50. The van der Waals surface area contributed by atoms with Gasteiger partial charge in [-0.1, -0.05) is 42.5 Å². The summed E-state index contributed by atoms with van der Waals surface area (Å²) in [6.07, 6.45) is -2.29. The molecule has 0 saturated carbocycles. The third kappa shape index (κ3) is 6.76. The third-order valence-corrected chi connectivity index (χ3v) is 6.78. The first-order chi connectivity index (χ1) is 20.4. The van der Waals surface area contributed by atoms with Crippen LogP contribution in [0.1, 0.15) is 47.7 Å². The number of amides is 2. The van der Waals surface area contributed by atoms with Gasteiger partial charge in [-0.2, -0.15) is 18.4 Å². The second kappa shape index (κ2) is 12.7. The van der Waals surface area contributed by atoms with Crippen molar-refractivity contribution in [3.8, 4) is 6.07 Å². The molecule has 0 aliphatic carbocycles. The molecule has 1 aliphatic heterocycles. The highest BCUT2D eigenvalue weighted by Crippen LogP contribution is 2.42. The van der Waals surface area contributed by atoms with Crippen LogP contribution < -0.4 is 4.90 Å². The Labute approximate surface area is 245 Å². The van der Waals surface area contributed by atoms with Crippen LogP contribution in [0.15, 0.2) is 90.1 Å². The predicted octanol–water partition coefficient (Wildman–Crippen LogP) is 6.70. The molecular weight excluding hydrogens is 563 g/mol. The summed E-state index contributed by atoms with van der Waals surface area (Å²) < 4.78 is 46.2. The van der Waals surface area contributed by atoms with E-state index >= 15 is 0 Å². The maximum Gasteiger partial charge on any atom is 0.416 e. The first kappa shape index (κ1) is 30.6. The van der Waals surface area contributed by atoms with E-state index in [2.05, 4.69) is 0 Å². The molecule has 2 amide bonds. The van der Waals surface area contributed by atoms with Gasteiger partial charge >= 0.3 is 24.1 Å². The number of allylic oxidation sites excluding steroid dienone is 1. The van der Waals surface area contributed by atoms with Crippen molar-refractivity contribution in [1.82, 2.24) is 4.90 Å². The zero-order chi connectivity index (χ0) is 31.3. The van der Waals surface area contributed by atoms with E-state index < -0.39 is 35.8 Å². The van der Waals surface area contributed by atoms with Crippen molar-refractivity contribution in [3.05, 3.63) is 118 Å². The van der Waals surface area contributed by atoms with Crippen LogP contribution in [-0.2, 0) is 27.0 Å². The van der Waals surface area contributed by atoms with Crippen molar-refractivity contribution in [1.29, 1.82) is 5.26 Å². The molecule has 4 rings (SSSR count). The number of hydrogen-bond donors (Lipinski definition) is 1. The second-order valence-corrected chi connectivity index (χ2v) is 9.56. The summed E-state index contributed by atoms with van der Waals surface area (Å²) in [6, 6.07) is 17.5. The molecule has 0 saturated heterocycles. The van der Waals surface area contributed by atoms with Crippen LogP contribution in [0.2, 0.25) is 0 Å². The molecule has 220 valence electrons. The highest BCUT2D eigenvalue weighted by atomic mass is 19.4. The van der Waals surface area contributed by atoms with Gasteiger partial charge in [0.05, 0.1) is 41.1 Å². The molecule has 1 N–H and O–H groups in total. The fourth-order valence-electron chi connectivity index (χ4n) is 4.79. The fourth-order valence-corrected chi connectivity index (χ4v) is 4.79. The van der Waals surface area contributed by atoms with Gasteiger partial charge in [0.1, 0.15) is 0 Å². The molecule has 0 fully saturated rings. The van der Waals surface area contributed by atoms with Gasteiger partial charge in [-0.3, -0.25) is 4.90 Å². The molecule has 8 nitrogen and oxygen atoms in total. The van der Waals surface area contributed by atoms with Crippen molar-refractivity contribution >= 4 is 29.7 Å². The van der Waals surface area contributed by atoms with Crippen LogP contribution in [0.5, 0.6) is 0 Å². The summed E-state index contributed by atoms with van der Waals surface area (Å²) in [7, 11) is 0. The highest BCUT2D eigenvalue weighted by Gasteiger charge is 2.43. The number of esters is 1. The van der Waals surface area contributed by atoms with Gasteiger partial charge in [0.15, 0.2) is 0 Å². The zero-order valence-electron chi connectivity index (χ0n) is 23.1. The quantitative estimate of drug-likeness (QED) is 0.231. The van der Waals surface area contributed by atoms with Crippen molar-refractivity contribution in [2.24, 2.45) is 0 Å². The summed E-state index contributed by atoms with van der Waals surface area (Å²) in [5.41, 5.74) is 1.13. The summed E-state index contributed by atoms with van der Waals surface area (Å²) in [5, 5.41) is 18.2. The average molecular weight is 590 g/mol. The summed E-state index contributed by atoms with van der Waals surface area (Å²) in [6.45, 7) is 3.03. The van der Waals surface area contributed by atoms with E-state index in [-0.39, 0.29) is 30.1 Å². The van der Waals surface area contributed by atoms with Crippen molar-refractivity contribution in [2.45, 2.75) is 32.6 Å². The lowest BCUT2D eigenvalue weighted by atomic mass is 9.91. The fraction of sp³-hybridized carbons (Fsp3) is 0.188. The van der Waals surface area contributed by atoms with E-state index in [9.17, 15) is 32.8 Å². The molecule has 1 unspecified atom stereocenters. The molecule has 1 heterocycles. The number of anilines is 1. The third-order valence-electron chi connectivity index (χ3n) is 6.78. The largest absolute Gasteiger partial charge is 0.478 e. The lowest BCUT2D eigenvalue weighted by Gasteiger charge is -2.43. The summed E-state index contributed by atoms with van der Waals surface area (Å²) in [5.74, 6) is -1.87. The summed E-state index contributed by atoms with van der Waals surface area (Å²) in [4.78, 5) is 41.0. The number of benzene rings is 3. The van der Waals surface area contributed by atoms with Crippen LogP contribution in [0.25, 0.3) is 6.08 Å². The van der Waals surface area contributed by atoms with E-state index in [1.165, 1.54) is 30.0 Å². The Morgan fingerprint density at radius 1 is 1.07 bits per heavy atom. The molecule has 11 heteroatoms. The Morgan fingerprint density at radius 2 is 1.74 bits per heavy atom. The number of carboxylic acid groups (broad SMARTS) is 1. The standard InChI is InChI=1S/C32H26F3N3O5/c1-3-43-30(41)28-20(2)38(26-6-4-5-25(17-26)32(33,34)35)31(42)37(29(28)24-14-11-22(18-36)12-15-24)19-23-9-7-21(8-10-23)13-16-27(39)40/h4-17,29H,3,19H2,1-2H3,(H,39,40)/b16-13+. The smallest absolute Gasteiger partial charge is 0.416 e. The van der Waals surface area contributed by atoms with Crippen LogP contribution >= 0.6 is 0 Å². The minimum Gasteiger partial charge on any atom is -0.478 e. The zero-order valence-corrected chi connectivity index (χ0v) is 23.1. The maximum absolute atomic E-state index is 14.2. The molecule has 0 spiro atoms. The number of carbonyl (C=O) groups is 3. The van der Waals surface area contributed by atoms with Crippen molar-refractivity contribution < 1.29 is 37.4 Å². The number of nitrogens with zero attached hydrogens (tertiary/aromatic N) is 3. The van der Waals surface area contributed by atoms with E-state index in [4.69, 9.17) is 9.84 Å². The Balaban J connectivity index is 1.90. The van der Waals surface area contributed by atoms with Gasteiger partial charge in [-0.15, -0.1) is 0 Å². The van der Waals surface area contributed by atoms with Crippen LogP contribution in [0, 0.1) is 11.3 Å². The number of urea groups is 1. The number of aliphatic carboxylic acids is 1.